The van der Waals surface area contributed by atoms with Crippen LogP contribution < -0.4 is 5.56 Å². The Labute approximate surface area is 135 Å². The number of hydrogen-bond acceptors (Lipinski definition) is 5. The fourth-order valence-electron chi connectivity index (χ4n) is 3.15. The number of rotatable bonds is 1. The number of nitrogens with zero attached hydrogens (tertiary/aromatic N) is 3. The van der Waals surface area contributed by atoms with E-state index in [9.17, 15) is 19.7 Å². The number of non-ortho nitro benzene ring substituents is 1. The van der Waals surface area contributed by atoms with Gasteiger partial charge in [0.2, 0.25) is 5.78 Å². The number of hydrogen-bond donors (Lipinski definition) is 0. The van der Waals surface area contributed by atoms with Gasteiger partial charge in [0, 0.05) is 12.1 Å². The van der Waals surface area contributed by atoms with Crippen LogP contribution in [-0.2, 0) is 0 Å². The average molecular weight is 321 g/mol. The summed E-state index contributed by atoms with van der Waals surface area (Å²) in [5.74, 6) is -0.484. The predicted molar refractivity (Wildman–Crippen MR) is 86.9 cm³/mol. The van der Waals surface area contributed by atoms with E-state index in [1.807, 2.05) is 19.9 Å². The van der Waals surface area contributed by atoms with Crippen molar-refractivity contribution in [3.05, 3.63) is 73.3 Å². The number of aryl methyl sites for hydroxylation is 2. The summed E-state index contributed by atoms with van der Waals surface area (Å²) in [6.07, 6.45) is 0. The standard InChI is InChI=1S/C17H11N3O4/c1-8-5-9(2)14-12(6-8)17(22)19-13-4-3-10(20(23)24)7-11(13)15(21)16(19)18-14/h3-7H,1-2H3. The van der Waals surface area contributed by atoms with Crippen LogP contribution in [0.3, 0.4) is 0 Å². The molecule has 3 aromatic rings. The highest BCUT2D eigenvalue weighted by Gasteiger charge is 2.32. The molecule has 2 heterocycles. The van der Waals surface area contributed by atoms with Gasteiger partial charge >= 0.3 is 0 Å². The molecule has 0 atom stereocenters. The molecule has 7 nitrogen and oxygen atoms in total. The molecule has 1 aliphatic rings. The van der Waals surface area contributed by atoms with Crippen molar-refractivity contribution in [1.29, 1.82) is 0 Å². The highest BCUT2D eigenvalue weighted by Crippen LogP contribution is 2.30. The van der Waals surface area contributed by atoms with Gasteiger partial charge in [-0.15, -0.1) is 0 Å². The Morgan fingerprint density at radius 2 is 1.88 bits per heavy atom. The second-order valence-corrected chi connectivity index (χ2v) is 5.84. The monoisotopic (exact) mass is 321 g/mol. The number of fused-ring (bicyclic) bond motifs is 4. The fourth-order valence-corrected chi connectivity index (χ4v) is 3.15. The summed E-state index contributed by atoms with van der Waals surface area (Å²) >= 11 is 0. The second kappa shape index (κ2) is 4.58. The van der Waals surface area contributed by atoms with Gasteiger partial charge in [-0.2, -0.15) is 0 Å². The quantitative estimate of drug-likeness (QED) is 0.396. The van der Waals surface area contributed by atoms with Gasteiger partial charge in [-0.25, -0.2) is 4.98 Å². The topological polar surface area (TPSA) is 95.1 Å². The zero-order chi connectivity index (χ0) is 17.2. The molecule has 2 aromatic carbocycles. The summed E-state index contributed by atoms with van der Waals surface area (Å²) in [5.41, 5.74) is 2.13. The lowest BCUT2D eigenvalue weighted by atomic mass is 10.1. The lowest BCUT2D eigenvalue weighted by molar-refractivity contribution is -0.384. The number of aromatic nitrogens is 2. The van der Waals surface area contributed by atoms with Crippen molar-refractivity contribution in [1.82, 2.24) is 9.55 Å². The Hall–Kier alpha value is -3.35. The van der Waals surface area contributed by atoms with Gasteiger partial charge in [0.15, 0.2) is 5.82 Å². The molecule has 0 radical (unpaired) electrons. The van der Waals surface area contributed by atoms with E-state index in [0.717, 1.165) is 11.1 Å². The van der Waals surface area contributed by atoms with Gasteiger partial charge in [0.1, 0.15) is 0 Å². The molecule has 0 fully saturated rings. The fraction of sp³-hybridized carbons (Fsp3) is 0.118. The Morgan fingerprint density at radius 1 is 1.12 bits per heavy atom. The van der Waals surface area contributed by atoms with Gasteiger partial charge in [0.05, 0.1) is 27.1 Å². The summed E-state index contributed by atoms with van der Waals surface area (Å²) in [6.45, 7) is 3.71. The maximum atomic E-state index is 12.9. The van der Waals surface area contributed by atoms with E-state index in [0.29, 0.717) is 16.6 Å². The SMILES string of the molecule is Cc1cc(C)c2nc3n(c(=O)c2c1)-c1ccc([N+](=O)[O-])cc1C3=O. The summed E-state index contributed by atoms with van der Waals surface area (Å²) < 4.78 is 1.24. The third kappa shape index (κ3) is 1.75. The average Bonchev–Trinajstić information content (AvgIpc) is 2.81. The number of nitro benzene ring substituents is 1. The minimum Gasteiger partial charge on any atom is -0.285 e. The van der Waals surface area contributed by atoms with E-state index >= 15 is 0 Å². The first-order valence-corrected chi connectivity index (χ1v) is 7.26. The molecular formula is C17H11N3O4. The van der Waals surface area contributed by atoms with Crippen molar-refractivity contribution in [3.63, 3.8) is 0 Å². The van der Waals surface area contributed by atoms with Crippen molar-refractivity contribution in [2.45, 2.75) is 13.8 Å². The highest BCUT2D eigenvalue weighted by atomic mass is 16.6. The van der Waals surface area contributed by atoms with Gasteiger partial charge in [-0.1, -0.05) is 6.07 Å². The van der Waals surface area contributed by atoms with Crippen LogP contribution in [0.5, 0.6) is 0 Å². The molecule has 0 spiro atoms. The molecule has 0 unspecified atom stereocenters. The first-order valence-electron chi connectivity index (χ1n) is 7.26. The van der Waals surface area contributed by atoms with Crippen LogP contribution in [0.25, 0.3) is 16.6 Å². The molecule has 0 aliphatic carbocycles. The largest absolute Gasteiger partial charge is 0.285 e. The first kappa shape index (κ1) is 14.3. The molecule has 0 saturated carbocycles. The first-order chi connectivity index (χ1) is 11.4. The van der Waals surface area contributed by atoms with Crippen LogP contribution >= 0.6 is 0 Å². The number of ketones is 1. The third-order valence-electron chi connectivity index (χ3n) is 4.19. The summed E-state index contributed by atoms with van der Waals surface area (Å²) in [7, 11) is 0. The molecule has 1 aliphatic heterocycles. The van der Waals surface area contributed by atoms with Gasteiger partial charge < -0.3 is 0 Å². The molecule has 0 N–H and O–H groups in total. The van der Waals surface area contributed by atoms with Crippen LogP contribution in [0.1, 0.15) is 27.3 Å². The Kier molecular flexibility index (Phi) is 2.72. The summed E-state index contributed by atoms with van der Waals surface area (Å²) in [6, 6.07) is 7.51. The minimum atomic E-state index is -0.573. The maximum Gasteiger partial charge on any atom is 0.270 e. The molecule has 1 aromatic heterocycles. The van der Waals surface area contributed by atoms with Crippen molar-refractivity contribution in [2.24, 2.45) is 0 Å². The Morgan fingerprint density at radius 3 is 2.58 bits per heavy atom. The van der Waals surface area contributed by atoms with Crippen LogP contribution in [0.15, 0.2) is 35.1 Å². The normalized spacial score (nSPS) is 12.3. The van der Waals surface area contributed by atoms with Gasteiger partial charge in [0.25, 0.3) is 11.2 Å². The van der Waals surface area contributed by atoms with E-state index in [1.165, 1.54) is 22.8 Å². The van der Waals surface area contributed by atoms with E-state index in [-0.39, 0.29) is 22.6 Å². The Balaban J connectivity index is 2.12. The van der Waals surface area contributed by atoms with Gasteiger partial charge in [-0.05, 0) is 37.1 Å². The summed E-state index contributed by atoms with van der Waals surface area (Å²) in [5, 5.41) is 11.4. The van der Waals surface area contributed by atoms with Crippen molar-refractivity contribution < 1.29 is 9.72 Å². The lowest BCUT2D eigenvalue weighted by Crippen LogP contribution is -2.22. The minimum absolute atomic E-state index is 0.00467. The molecule has 7 heteroatoms. The highest BCUT2D eigenvalue weighted by molar-refractivity contribution is 6.13. The van der Waals surface area contributed by atoms with Crippen LogP contribution in [0.4, 0.5) is 5.69 Å². The van der Waals surface area contributed by atoms with E-state index in [2.05, 4.69) is 4.98 Å². The molecule has 0 saturated heterocycles. The van der Waals surface area contributed by atoms with Crippen LogP contribution in [0, 0.1) is 24.0 Å². The van der Waals surface area contributed by atoms with Gasteiger partial charge in [-0.3, -0.25) is 24.3 Å². The van der Waals surface area contributed by atoms with Crippen molar-refractivity contribution >= 4 is 22.4 Å². The third-order valence-corrected chi connectivity index (χ3v) is 4.19. The zero-order valence-corrected chi connectivity index (χ0v) is 12.9. The van der Waals surface area contributed by atoms with Crippen LogP contribution in [0.2, 0.25) is 0 Å². The van der Waals surface area contributed by atoms with Crippen molar-refractivity contribution in [3.8, 4) is 5.69 Å². The second-order valence-electron chi connectivity index (χ2n) is 5.84. The zero-order valence-electron chi connectivity index (χ0n) is 12.9. The molecule has 0 bridgehead atoms. The maximum absolute atomic E-state index is 12.9. The lowest BCUT2D eigenvalue weighted by Gasteiger charge is -2.08. The van der Waals surface area contributed by atoms with E-state index < -0.39 is 10.7 Å². The number of carbonyl (C=O) groups excluding carboxylic acids is 1. The molecule has 4 rings (SSSR count). The van der Waals surface area contributed by atoms with Crippen molar-refractivity contribution in [2.75, 3.05) is 0 Å². The predicted octanol–water partition coefficient (Wildman–Crippen LogP) is 2.46. The number of benzene rings is 2. The smallest absolute Gasteiger partial charge is 0.270 e. The molecule has 0 amide bonds. The van der Waals surface area contributed by atoms with E-state index in [4.69, 9.17) is 0 Å². The molecule has 118 valence electrons. The molecule has 24 heavy (non-hydrogen) atoms. The Bertz CT molecular complexity index is 1140. The summed E-state index contributed by atoms with van der Waals surface area (Å²) in [4.78, 5) is 40.2. The molecular weight excluding hydrogens is 310 g/mol. The number of carbonyl (C=O) groups is 1. The number of nitro groups is 1. The van der Waals surface area contributed by atoms with Crippen LogP contribution in [-0.4, -0.2) is 20.3 Å². The van der Waals surface area contributed by atoms with E-state index in [1.54, 1.807) is 6.07 Å².